The molecule has 0 aromatic rings. The van der Waals surface area contributed by atoms with E-state index in [-0.39, 0.29) is 24.2 Å². The molecule has 0 bridgehead atoms. The van der Waals surface area contributed by atoms with E-state index < -0.39 is 60.9 Å². The Labute approximate surface area is 145 Å². The van der Waals surface area contributed by atoms with Crippen molar-refractivity contribution in [2.24, 2.45) is 0 Å². The van der Waals surface area contributed by atoms with E-state index in [0.717, 1.165) is 0 Å². The Kier molecular flexibility index (Phi) is 8.31. The SMILES string of the molecule is C[Si]1(CCF)O[Si](C)(CCF)O[Si](C)(CCF)O[Si](C)(CCF)O1. The molecule has 24 heavy (non-hydrogen) atoms. The number of hydrogen-bond donors (Lipinski definition) is 0. The van der Waals surface area contributed by atoms with Gasteiger partial charge in [-0.05, 0) is 26.2 Å². The second-order valence-corrected chi connectivity index (χ2v) is 21.0. The maximum Gasteiger partial charge on any atom is 0.320 e. The monoisotopic (exact) mass is 424 g/mol. The standard InChI is InChI=1S/C12H28F4O4Si4/c1-21(9-5-13)17-22(2,10-6-14)19-24(4,12-8-16)20-23(3,18-21)11-7-15/h5-12H2,1-4H3. The predicted molar refractivity (Wildman–Crippen MR) is 93.9 cm³/mol. The van der Waals surface area contributed by atoms with E-state index in [4.69, 9.17) is 16.5 Å². The van der Waals surface area contributed by atoms with E-state index in [0.29, 0.717) is 0 Å². The molecule has 0 spiro atoms. The molecule has 12 heteroatoms. The van der Waals surface area contributed by atoms with Crippen LogP contribution >= 0.6 is 0 Å². The molecule has 1 aliphatic rings. The summed E-state index contributed by atoms with van der Waals surface area (Å²) in [5.74, 6) is 0. The second-order valence-electron chi connectivity index (χ2n) is 6.70. The molecule has 0 radical (unpaired) electrons. The van der Waals surface area contributed by atoms with Crippen LogP contribution in [0.1, 0.15) is 0 Å². The molecule has 0 saturated carbocycles. The molecule has 1 rings (SSSR count). The third kappa shape index (κ3) is 6.30. The zero-order valence-electron chi connectivity index (χ0n) is 14.8. The number of alkyl halides is 4. The van der Waals surface area contributed by atoms with Crippen LogP contribution in [-0.4, -0.2) is 60.9 Å². The number of rotatable bonds is 8. The fourth-order valence-corrected chi connectivity index (χ4v) is 24.4. The van der Waals surface area contributed by atoms with Crippen molar-refractivity contribution in [3.05, 3.63) is 0 Å². The van der Waals surface area contributed by atoms with Crippen LogP contribution in [0.15, 0.2) is 0 Å². The Morgan fingerprint density at radius 1 is 0.458 bits per heavy atom. The molecule has 1 aliphatic heterocycles. The van der Waals surface area contributed by atoms with Gasteiger partial charge in [0.15, 0.2) is 0 Å². The molecular weight excluding hydrogens is 396 g/mol. The second kappa shape index (κ2) is 8.88. The van der Waals surface area contributed by atoms with Crippen LogP contribution < -0.4 is 0 Å². The molecule has 4 nitrogen and oxygen atoms in total. The molecule has 0 amide bonds. The van der Waals surface area contributed by atoms with Gasteiger partial charge in [-0.25, -0.2) is 0 Å². The van der Waals surface area contributed by atoms with Gasteiger partial charge in [0, 0.05) is 24.2 Å². The summed E-state index contributed by atoms with van der Waals surface area (Å²) in [5, 5.41) is 0. The first-order chi connectivity index (χ1) is 11.1. The number of halogens is 4. The highest BCUT2D eigenvalue weighted by Gasteiger charge is 2.56. The van der Waals surface area contributed by atoms with Crippen molar-refractivity contribution < 1.29 is 34.0 Å². The molecule has 1 heterocycles. The lowest BCUT2D eigenvalue weighted by atomic mass is 10.9. The molecule has 1 saturated heterocycles. The first kappa shape index (κ1) is 22.5. The highest BCUT2D eigenvalue weighted by molar-refractivity contribution is 6.93. The van der Waals surface area contributed by atoms with Crippen molar-refractivity contribution >= 4 is 34.2 Å². The zero-order valence-corrected chi connectivity index (χ0v) is 18.8. The molecule has 0 atom stereocenters. The topological polar surface area (TPSA) is 36.9 Å². The Morgan fingerprint density at radius 3 is 0.750 bits per heavy atom. The van der Waals surface area contributed by atoms with E-state index in [2.05, 4.69) is 0 Å². The van der Waals surface area contributed by atoms with Gasteiger partial charge < -0.3 is 16.5 Å². The summed E-state index contributed by atoms with van der Waals surface area (Å²) in [7, 11) is -12.2. The Balaban J connectivity index is 3.24. The quantitative estimate of drug-likeness (QED) is 0.432. The average molecular weight is 425 g/mol. The minimum Gasteiger partial charge on any atom is -0.415 e. The van der Waals surface area contributed by atoms with Crippen LogP contribution in [-0.2, 0) is 16.5 Å². The van der Waals surface area contributed by atoms with Crippen molar-refractivity contribution in [3.8, 4) is 0 Å². The fourth-order valence-electron chi connectivity index (χ4n) is 3.00. The van der Waals surface area contributed by atoms with E-state index in [9.17, 15) is 17.6 Å². The van der Waals surface area contributed by atoms with E-state index in [1.165, 1.54) is 0 Å². The van der Waals surface area contributed by atoms with Crippen molar-refractivity contribution in [3.63, 3.8) is 0 Å². The Morgan fingerprint density at radius 2 is 0.625 bits per heavy atom. The molecule has 1 fully saturated rings. The van der Waals surface area contributed by atoms with Crippen molar-refractivity contribution in [1.29, 1.82) is 0 Å². The lowest BCUT2D eigenvalue weighted by molar-refractivity contribution is 0.215. The predicted octanol–water partition coefficient (Wildman–Crippen LogP) is 4.23. The van der Waals surface area contributed by atoms with Crippen LogP contribution in [0.2, 0.25) is 50.4 Å². The van der Waals surface area contributed by atoms with Gasteiger partial charge in [0.1, 0.15) is 0 Å². The number of hydrogen-bond acceptors (Lipinski definition) is 4. The van der Waals surface area contributed by atoms with Gasteiger partial charge in [-0.1, -0.05) is 0 Å². The van der Waals surface area contributed by atoms with E-state index >= 15 is 0 Å². The molecule has 0 aromatic heterocycles. The summed E-state index contributed by atoms with van der Waals surface area (Å²) in [6.45, 7) is 4.14. The lowest BCUT2D eigenvalue weighted by Gasteiger charge is -2.49. The Bertz CT molecular complexity index is 327. The molecule has 144 valence electrons. The van der Waals surface area contributed by atoms with Crippen LogP contribution in [0.5, 0.6) is 0 Å². The van der Waals surface area contributed by atoms with Gasteiger partial charge in [-0.2, -0.15) is 0 Å². The lowest BCUT2D eigenvalue weighted by Crippen LogP contribution is -2.67. The van der Waals surface area contributed by atoms with Gasteiger partial charge in [-0.15, -0.1) is 0 Å². The first-order valence-electron chi connectivity index (χ1n) is 8.12. The largest absolute Gasteiger partial charge is 0.415 e. The van der Waals surface area contributed by atoms with Crippen LogP contribution in [0.4, 0.5) is 17.6 Å². The van der Waals surface area contributed by atoms with Crippen LogP contribution in [0.25, 0.3) is 0 Å². The highest BCUT2D eigenvalue weighted by atomic mass is 28.5. The van der Waals surface area contributed by atoms with E-state index in [1.54, 1.807) is 26.2 Å². The summed E-state index contributed by atoms with van der Waals surface area (Å²) in [4.78, 5) is 0. The molecule has 0 N–H and O–H groups in total. The van der Waals surface area contributed by atoms with Crippen molar-refractivity contribution in [1.82, 2.24) is 0 Å². The Hall–Kier alpha value is 0.428. The summed E-state index contributed by atoms with van der Waals surface area (Å²) >= 11 is 0. The van der Waals surface area contributed by atoms with E-state index in [1.807, 2.05) is 0 Å². The molecule has 0 aliphatic carbocycles. The van der Waals surface area contributed by atoms with Crippen molar-refractivity contribution in [2.45, 2.75) is 50.4 Å². The van der Waals surface area contributed by atoms with Crippen molar-refractivity contribution in [2.75, 3.05) is 26.7 Å². The maximum atomic E-state index is 13.0. The first-order valence-corrected chi connectivity index (χ1v) is 18.2. The fraction of sp³-hybridized carbons (Fsp3) is 1.00. The zero-order chi connectivity index (χ0) is 18.5. The molecule has 0 unspecified atom stereocenters. The smallest absolute Gasteiger partial charge is 0.320 e. The minimum absolute atomic E-state index is 0.0465. The maximum absolute atomic E-state index is 13.0. The van der Waals surface area contributed by atoms with Gasteiger partial charge in [0.05, 0.1) is 26.7 Å². The molecular formula is C12H28F4O4Si4. The van der Waals surface area contributed by atoms with Gasteiger partial charge in [0.2, 0.25) is 0 Å². The van der Waals surface area contributed by atoms with Gasteiger partial charge >= 0.3 is 34.2 Å². The van der Waals surface area contributed by atoms with Gasteiger partial charge in [0.25, 0.3) is 0 Å². The third-order valence-electron chi connectivity index (χ3n) is 3.92. The van der Waals surface area contributed by atoms with Crippen LogP contribution in [0.3, 0.4) is 0 Å². The van der Waals surface area contributed by atoms with Crippen LogP contribution in [0, 0.1) is 0 Å². The summed E-state index contributed by atoms with van der Waals surface area (Å²) in [6.07, 6.45) is 0. The highest BCUT2D eigenvalue weighted by Crippen LogP contribution is 2.37. The minimum atomic E-state index is -3.06. The summed E-state index contributed by atoms with van der Waals surface area (Å²) in [5.41, 5.74) is 0. The normalized spacial score (nSPS) is 41.0. The average Bonchev–Trinajstić information content (AvgIpc) is 2.35. The summed E-state index contributed by atoms with van der Waals surface area (Å²) in [6, 6.07) is 0.186. The van der Waals surface area contributed by atoms with Gasteiger partial charge in [-0.3, -0.25) is 17.6 Å². The molecule has 0 aromatic carbocycles. The third-order valence-corrected chi connectivity index (χ3v) is 22.1. The summed E-state index contributed by atoms with van der Waals surface area (Å²) < 4.78 is 76.7.